The minimum absolute atomic E-state index is 0.565. The van der Waals surface area contributed by atoms with E-state index in [0.717, 1.165) is 49.6 Å². The predicted molar refractivity (Wildman–Crippen MR) is 90.3 cm³/mol. The Morgan fingerprint density at radius 1 is 1.13 bits per heavy atom. The van der Waals surface area contributed by atoms with Crippen LogP contribution in [0.25, 0.3) is 11.2 Å². The van der Waals surface area contributed by atoms with Gasteiger partial charge >= 0.3 is 0 Å². The van der Waals surface area contributed by atoms with Gasteiger partial charge in [0.1, 0.15) is 11.3 Å². The largest absolute Gasteiger partial charge is 0.381 e. The second-order valence-corrected chi connectivity index (χ2v) is 6.23. The first-order valence-corrected chi connectivity index (χ1v) is 8.32. The number of hydrogen-bond donors (Lipinski definition) is 0. The maximum absolute atomic E-state index is 5.63. The summed E-state index contributed by atoms with van der Waals surface area (Å²) in [6.45, 7) is 2.57. The molecule has 1 saturated heterocycles. The summed E-state index contributed by atoms with van der Waals surface area (Å²) in [5, 5.41) is 0. The first-order valence-electron chi connectivity index (χ1n) is 8.32. The van der Waals surface area contributed by atoms with Crippen molar-refractivity contribution in [1.29, 1.82) is 0 Å². The topological polar surface area (TPSA) is 39.9 Å². The normalized spacial score (nSPS) is 18.3. The van der Waals surface area contributed by atoms with E-state index in [2.05, 4.69) is 33.8 Å². The Bertz CT molecular complexity index is 776. The molecular weight excluding hydrogens is 286 g/mol. The van der Waals surface area contributed by atoms with Crippen LogP contribution in [0.1, 0.15) is 24.2 Å². The molecule has 4 nitrogen and oxygen atoms in total. The van der Waals surface area contributed by atoms with Crippen LogP contribution in [0.4, 0.5) is 0 Å². The SMILES string of the molecule is c1ccc(Cn2c(CC3CCCOC3)nc3cccnc32)cc1. The number of imidazole rings is 1. The van der Waals surface area contributed by atoms with E-state index in [0.29, 0.717) is 5.92 Å². The van der Waals surface area contributed by atoms with Crippen molar-refractivity contribution in [3.05, 3.63) is 60.0 Å². The summed E-state index contributed by atoms with van der Waals surface area (Å²) in [6, 6.07) is 14.5. The van der Waals surface area contributed by atoms with Crippen molar-refractivity contribution in [1.82, 2.24) is 14.5 Å². The van der Waals surface area contributed by atoms with E-state index >= 15 is 0 Å². The Hall–Kier alpha value is -2.20. The maximum atomic E-state index is 5.63. The Morgan fingerprint density at radius 3 is 2.87 bits per heavy atom. The average Bonchev–Trinajstić information content (AvgIpc) is 2.94. The van der Waals surface area contributed by atoms with E-state index in [1.165, 1.54) is 12.0 Å². The highest BCUT2D eigenvalue weighted by atomic mass is 16.5. The van der Waals surface area contributed by atoms with Crippen molar-refractivity contribution < 1.29 is 4.74 Å². The third kappa shape index (κ3) is 3.13. The summed E-state index contributed by atoms with van der Waals surface area (Å²) in [5.41, 5.74) is 3.23. The van der Waals surface area contributed by atoms with E-state index in [1.807, 2.05) is 24.4 Å². The monoisotopic (exact) mass is 307 g/mol. The molecule has 1 aliphatic heterocycles. The summed E-state index contributed by atoms with van der Waals surface area (Å²) in [6.07, 6.45) is 5.19. The zero-order chi connectivity index (χ0) is 15.5. The van der Waals surface area contributed by atoms with E-state index in [4.69, 9.17) is 9.72 Å². The number of pyridine rings is 1. The molecule has 0 bridgehead atoms. The third-order valence-corrected chi connectivity index (χ3v) is 4.49. The first kappa shape index (κ1) is 14.4. The van der Waals surface area contributed by atoms with Crippen LogP contribution in [0.5, 0.6) is 0 Å². The standard InChI is InChI=1S/C19H21N3O/c1-2-6-15(7-3-1)13-22-18(12-16-8-5-11-23-14-16)21-17-9-4-10-20-19(17)22/h1-4,6-7,9-10,16H,5,8,11-14H2. The third-order valence-electron chi connectivity index (χ3n) is 4.49. The number of ether oxygens (including phenoxy) is 1. The molecule has 4 rings (SSSR count). The van der Waals surface area contributed by atoms with Crippen molar-refractivity contribution >= 4 is 11.2 Å². The Labute approximate surface area is 136 Å². The fourth-order valence-electron chi connectivity index (χ4n) is 3.32. The smallest absolute Gasteiger partial charge is 0.160 e. The molecule has 118 valence electrons. The lowest BCUT2D eigenvalue weighted by Crippen LogP contribution is -2.21. The minimum Gasteiger partial charge on any atom is -0.381 e. The van der Waals surface area contributed by atoms with Gasteiger partial charge in [0.25, 0.3) is 0 Å². The van der Waals surface area contributed by atoms with Crippen molar-refractivity contribution in [3.8, 4) is 0 Å². The zero-order valence-electron chi connectivity index (χ0n) is 13.2. The van der Waals surface area contributed by atoms with Gasteiger partial charge in [0.2, 0.25) is 0 Å². The minimum atomic E-state index is 0.565. The van der Waals surface area contributed by atoms with Crippen LogP contribution in [0.3, 0.4) is 0 Å². The second kappa shape index (κ2) is 6.50. The number of hydrogen-bond acceptors (Lipinski definition) is 3. The van der Waals surface area contributed by atoms with Gasteiger partial charge in [-0.1, -0.05) is 30.3 Å². The van der Waals surface area contributed by atoms with Crippen molar-refractivity contribution in [2.24, 2.45) is 5.92 Å². The molecule has 1 aromatic carbocycles. The molecule has 2 aromatic heterocycles. The van der Waals surface area contributed by atoms with E-state index in [-0.39, 0.29) is 0 Å². The molecule has 1 fully saturated rings. The van der Waals surface area contributed by atoms with Gasteiger partial charge in [0, 0.05) is 25.8 Å². The fourth-order valence-corrected chi connectivity index (χ4v) is 3.32. The van der Waals surface area contributed by atoms with Crippen LogP contribution in [0.2, 0.25) is 0 Å². The van der Waals surface area contributed by atoms with Gasteiger partial charge in [-0.05, 0) is 36.5 Å². The summed E-state index contributed by atoms with van der Waals surface area (Å²) < 4.78 is 7.90. The molecule has 3 aromatic rings. The van der Waals surface area contributed by atoms with Gasteiger partial charge in [-0.3, -0.25) is 0 Å². The summed E-state index contributed by atoms with van der Waals surface area (Å²) in [7, 11) is 0. The molecule has 0 radical (unpaired) electrons. The molecule has 4 heteroatoms. The van der Waals surface area contributed by atoms with Crippen LogP contribution in [-0.2, 0) is 17.7 Å². The molecule has 0 saturated carbocycles. The fraction of sp³-hybridized carbons (Fsp3) is 0.368. The van der Waals surface area contributed by atoms with Gasteiger partial charge < -0.3 is 9.30 Å². The summed E-state index contributed by atoms with van der Waals surface area (Å²) in [4.78, 5) is 9.41. The molecule has 23 heavy (non-hydrogen) atoms. The summed E-state index contributed by atoms with van der Waals surface area (Å²) in [5.74, 6) is 1.69. The van der Waals surface area contributed by atoms with Gasteiger partial charge in [0.05, 0.1) is 6.54 Å². The average molecular weight is 307 g/mol. The van der Waals surface area contributed by atoms with E-state index in [1.54, 1.807) is 0 Å². The van der Waals surface area contributed by atoms with Crippen LogP contribution < -0.4 is 0 Å². The van der Waals surface area contributed by atoms with Gasteiger partial charge in [-0.2, -0.15) is 0 Å². The number of fused-ring (bicyclic) bond motifs is 1. The Kier molecular flexibility index (Phi) is 4.07. The number of aromatic nitrogens is 3. The van der Waals surface area contributed by atoms with Crippen LogP contribution in [0.15, 0.2) is 48.7 Å². The number of rotatable bonds is 4. The first-order chi connectivity index (χ1) is 11.4. The van der Waals surface area contributed by atoms with Crippen LogP contribution in [0, 0.1) is 5.92 Å². The number of nitrogens with zero attached hydrogens (tertiary/aromatic N) is 3. The molecule has 0 amide bonds. The van der Waals surface area contributed by atoms with Crippen molar-refractivity contribution in [2.75, 3.05) is 13.2 Å². The lowest BCUT2D eigenvalue weighted by atomic mass is 9.98. The molecule has 1 aliphatic rings. The van der Waals surface area contributed by atoms with E-state index in [9.17, 15) is 0 Å². The lowest BCUT2D eigenvalue weighted by Gasteiger charge is -2.22. The molecular formula is C19H21N3O. The molecule has 1 atom stereocenters. The number of benzene rings is 1. The lowest BCUT2D eigenvalue weighted by molar-refractivity contribution is 0.0540. The summed E-state index contributed by atoms with van der Waals surface area (Å²) >= 11 is 0. The highest BCUT2D eigenvalue weighted by Crippen LogP contribution is 2.22. The molecule has 0 N–H and O–H groups in total. The highest BCUT2D eigenvalue weighted by molar-refractivity contribution is 5.71. The van der Waals surface area contributed by atoms with Crippen molar-refractivity contribution in [2.45, 2.75) is 25.8 Å². The molecule has 3 heterocycles. The zero-order valence-corrected chi connectivity index (χ0v) is 13.2. The van der Waals surface area contributed by atoms with Gasteiger partial charge in [-0.25, -0.2) is 9.97 Å². The Morgan fingerprint density at radius 2 is 2.04 bits per heavy atom. The van der Waals surface area contributed by atoms with Gasteiger partial charge in [-0.15, -0.1) is 0 Å². The van der Waals surface area contributed by atoms with Crippen LogP contribution in [-0.4, -0.2) is 27.7 Å². The molecule has 0 spiro atoms. The quantitative estimate of drug-likeness (QED) is 0.741. The highest BCUT2D eigenvalue weighted by Gasteiger charge is 2.19. The van der Waals surface area contributed by atoms with E-state index < -0.39 is 0 Å². The van der Waals surface area contributed by atoms with Crippen LogP contribution >= 0.6 is 0 Å². The maximum Gasteiger partial charge on any atom is 0.160 e. The van der Waals surface area contributed by atoms with Crippen molar-refractivity contribution in [3.63, 3.8) is 0 Å². The second-order valence-electron chi connectivity index (χ2n) is 6.23. The van der Waals surface area contributed by atoms with Gasteiger partial charge in [0.15, 0.2) is 5.65 Å². The molecule has 0 aliphatic carbocycles. The Balaban J connectivity index is 1.69. The molecule has 1 unspecified atom stereocenters. The predicted octanol–water partition coefficient (Wildman–Crippen LogP) is 3.45.